The van der Waals surface area contributed by atoms with E-state index in [0.29, 0.717) is 26.6 Å². The molecule has 2 aliphatic rings. The van der Waals surface area contributed by atoms with Crippen LogP contribution in [-0.4, -0.2) is 34.6 Å². The van der Waals surface area contributed by atoms with Crippen LogP contribution in [0.4, 0.5) is 5.95 Å². The average Bonchev–Trinajstić information content (AvgIpc) is 3.51. The second-order valence-electron chi connectivity index (χ2n) is 8.19. The number of carbonyl (C=O) groups excluding carboxylic acids is 1. The van der Waals surface area contributed by atoms with Crippen molar-refractivity contribution in [3.8, 4) is 6.07 Å². The Hall–Kier alpha value is -3.18. The van der Waals surface area contributed by atoms with E-state index in [-0.39, 0.29) is 24.1 Å². The highest BCUT2D eigenvalue weighted by molar-refractivity contribution is 7.20. The molecule has 2 aromatic heterocycles. The van der Waals surface area contributed by atoms with Gasteiger partial charge in [0.2, 0.25) is 5.95 Å². The summed E-state index contributed by atoms with van der Waals surface area (Å²) in [5, 5.41) is 12.5. The first-order valence-electron chi connectivity index (χ1n) is 10.7. The molecule has 0 atom stereocenters. The Morgan fingerprint density at radius 2 is 2.00 bits per heavy atom. The quantitative estimate of drug-likeness (QED) is 0.667. The molecular weight excluding hydrogens is 410 g/mol. The summed E-state index contributed by atoms with van der Waals surface area (Å²) >= 11 is 1.20. The number of amides is 1. The first kappa shape index (κ1) is 19.8. The van der Waals surface area contributed by atoms with Gasteiger partial charge in [-0.1, -0.05) is 18.2 Å². The molecule has 0 bridgehead atoms. The maximum Gasteiger partial charge on any atom is 0.273 e. The van der Waals surface area contributed by atoms with E-state index >= 15 is 0 Å². The number of hydrogen-bond donors (Lipinski definition) is 1. The van der Waals surface area contributed by atoms with Gasteiger partial charge in [-0.15, -0.1) is 11.3 Å². The predicted octanol–water partition coefficient (Wildman–Crippen LogP) is 3.26. The van der Waals surface area contributed by atoms with Crippen LogP contribution in [0.15, 0.2) is 35.1 Å². The molecule has 1 aliphatic carbocycles. The van der Waals surface area contributed by atoms with Crippen LogP contribution >= 0.6 is 11.3 Å². The Kier molecular flexibility index (Phi) is 5.20. The number of piperidine rings is 1. The molecule has 1 amide bonds. The topological polar surface area (TPSA) is 91.0 Å². The van der Waals surface area contributed by atoms with Gasteiger partial charge in [-0.3, -0.25) is 14.2 Å². The zero-order valence-corrected chi connectivity index (χ0v) is 18.0. The lowest BCUT2D eigenvalue weighted by Gasteiger charge is -2.29. The number of anilines is 1. The molecule has 3 heterocycles. The SMILES string of the molecule is N#Cc1ccccc1Cn1c(N2CCCCC2)nc2cc(C(=O)NC3CC3)sc2c1=O. The molecule has 158 valence electrons. The van der Waals surface area contributed by atoms with E-state index in [4.69, 9.17) is 4.98 Å². The maximum atomic E-state index is 13.6. The standard InChI is InChI=1S/C23H23N5O2S/c24-13-15-6-2-3-7-16(15)14-28-22(30)20-18(26-23(28)27-10-4-1-5-11-27)12-19(31-20)21(29)25-17-8-9-17/h2-3,6-7,12,17H,1,4-5,8-11,14H2,(H,25,29). The third-order valence-corrected chi connectivity index (χ3v) is 6.97. The summed E-state index contributed by atoms with van der Waals surface area (Å²) in [6.07, 6.45) is 5.31. The summed E-state index contributed by atoms with van der Waals surface area (Å²) in [7, 11) is 0. The van der Waals surface area contributed by atoms with Crippen molar-refractivity contribution in [1.82, 2.24) is 14.9 Å². The minimum absolute atomic E-state index is 0.134. The number of aromatic nitrogens is 2. The van der Waals surface area contributed by atoms with E-state index in [1.807, 2.05) is 18.2 Å². The minimum Gasteiger partial charge on any atom is -0.349 e. The van der Waals surface area contributed by atoms with E-state index in [9.17, 15) is 14.9 Å². The molecule has 1 aromatic carbocycles. The summed E-state index contributed by atoms with van der Waals surface area (Å²) in [5.41, 5.74) is 1.75. The van der Waals surface area contributed by atoms with Crippen LogP contribution in [0.1, 0.15) is 52.9 Å². The third-order valence-electron chi connectivity index (χ3n) is 5.86. The first-order chi connectivity index (χ1) is 15.1. The molecule has 5 rings (SSSR count). The Bertz CT molecular complexity index is 1250. The van der Waals surface area contributed by atoms with Crippen LogP contribution < -0.4 is 15.8 Å². The molecule has 3 aromatic rings. The second kappa shape index (κ2) is 8.16. The average molecular weight is 434 g/mol. The lowest BCUT2D eigenvalue weighted by Crippen LogP contribution is -2.36. The van der Waals surface area contributed by atoms with E-state index in [1.54, 1.807) is 16.7 Å². The Balaban J connectivity index is 1.61. The number of hydrogen-bond acceptors (Lipinski definition) is 6. The molecule has 31 heavy (non-hydrogen) atoms. The number of benzene rings is 1. The molecule has 1 aliphatic heterocycles. The van der Waals surface area contributed by atoms with Gasteiger partial charge < -0.3 is 10.2 Å². The highest BCUT2D eigenvalue weighted by Crippen LogP contribution is 2.27. The van der Waals surface area contributed by atoms with Gasteiger partial charge >= 0.3 is 0 Å². The van der Waals surface area contributed by atoms with Crippen molar-refractivity contribution in [2.75, 3.05) is 18.0 Å². The lowest BCUT2D eigenvalue weighted by molar-refractivity contribution is 0.0955. The fourth-order valence-corrected chi connectivity index (χ4v) is 4.96. The lowest BCUT2D eigenvalue weighted by atomic mass is 10.1. The Morgan fingerprint density at radius 1 is 1.23 bits per heavy atom. The van der Waals surface area contributed by atoms with E-state index in [1.165, 1.54) is 17.8 Å². The first-order valence-corrected chi connectivity index (χ1v) is 11.5. The fourth-order valence-electron chi connectivity index (χ4n) is 4.01. The number of rotatable bonds is 5. The van der Waals surface area contributed by atoms with Gasteiger partial charge in [0.1, 0.15) is 4.70 Å². The number of nitrogens with zero attached hydrogens (tertiary/aromatic N) is 4. The van der Waals surface area contributed by atoms with Crippen molar-refractivity contribution >= 4 is 33.4 Å². The van der Waals surface area contributed by atoms with Crippen LogP contribution in [0.2, 0.25) is 0 Å². The van der Waals surface area contributed by atoms with Crippen molar-refractivity contribution in [3.63, 3.8) is 0 Å². The van der Waals surface area contributed by atoms with Gasteiger partial charge in [0, 0.05) is 19.1 Å². The van der Waals surface area contributed by atoms with Gasteiger partial charge in [0.15, 0.2) is 0 Å². The van der Waals surface area contributed by atoms with Crippen molar-refractivity contribution < 1.29 is 4.79 Å². The van der Waals surface area contributed by atoms with E-state index in [2.05, 4.69) is 16.3 Å². The molecule has 1 saturated carbocycles. The molecule has 8 heteroatoms. The van der Waals surface area contributed by atoms with Gasteiger partial charge in [-0.2, -0.15) is 5.26 Å². The van der Waals surface area contributed by atoms with Crippen molar-refractivity contribution in [3.05, 3.63) is 56.7 Å². The molecule has 2 fully saturated rings. The summed E-state index contributed by atoms with van der Waals surface area (Å²) in [6.45, 7) is 1.97. The molecule has 0 radical (unpaired) electrons. The van der Waals surface area contributed by atoms with Crippen LogP contribution in [0.3, 0.4) is 0 Å². The fraction of sp³-hybridized carbons (Fsp3) is 0.391. The van der Waals surface area contributed by atoms with Crippen molar-refractivity contribution in [1.29, 1.82) is 5.26 Å². The van der Waals surface area contributed by atoms with E-state index < -0.39 is 0 Å². The van der Waals surface area contributed by atoms with Crippen LogP contribution in [-0.2, 0) is 6.54 Å². The molecule has 1 N–H and O–H groups in total. The van der Waals surface area contributed by atoms with Crippen LogP contribution in [0.25, 0.3) is 10.2 Å². The number of fused-ring (bicyclic) bond motifs is 1. The Labute approximate surface area is 183 Å². The van der Waals surface area contributed by atoms with Gasteiger partial charge in [0.25, 0.3) is 11.5 Å². The second-order valence-corrected chi connectivity index (χ2v) is 9.24. The van der Waals surface area contributed by atoms with Crippen LogP contribution in [0.5, 0.6) is 0 Å². The number of carbonyl (C=O) groups is 1. The van der Waals surface area contributed by atoms with E-state index in [0.717, 1.165) is 44.3 Å². The van der Waals surface area contributed by atoms with Gasteiger partial charge in [0.05, 0.1) is 28.6 Å². The zero-order chi connectivity index (χ0) is 21.4. The molecule has 0 spiro atoms. The van der Waals surface area contributed by atoms with Gasteiger partial charge in [-0.25, -0.2) is 4.98 Å². The third kappa shape index (κ3) is 3.93. The van der Waals surface area contributed by atoms with Gasteiger partial charge in [-0.05, 0) is 49.8 Å². The molecule has 0 unspecified atom stereocenters. The summed E-state index contributed by atoms with van der Waals surface area (Å²) in [5.74, 6) is 0.489. The highest BCUT2D eigenvalue weighted by Gasteiger charge is 2.26. The zero-order valence-electron chi connectivity index (χ0n) is 17.1. The normalized spacial score (nSPS) is 16.3. The Morgan fingerprint density at radius 3 is 2.74 bits per heavy atom. The summed E-state index contributed by atoms with van der Waals surface area (Å²) < 4.78 is 2.15. The highest BCUT2D eigenvalue weighted by atomic mass is 32.1. The smallest absolute Gasteiger partial charge is 0.273 e. The van der Waals surface area contributed by atoms with Crippen molar-refractivity contribution in [2.45, 2.75) is 44.7 Å². The molecule has 1 saturated heterocycles. The largest absolute Gasteiger partial charge is 0.349 e. The number of nitrogens with one attached hydrogen (secondary N) is 1. The maximum absolute atomic E-state index is 13.6. The molecular formula is C23H23N5O2S. The number of nitriles is 1. The number of thiophene rings is 1. The minimum atomic E-state index is -0.159. The summed E-state index contributed by atoms with van der Waals surface area (Å²) in [6, 6.07) is 11.5. The monoisotopic (exact) mass is 433 g/mol. The molecule has 7 nitrogen and oxygen atoms in total. The van der Waals surface area contributed by atoms with Crippen molar-refractivity contribution in [2.24, 2.45) is 0 Å². The van der Waals surface area contributed by atoms with Crippen LogP contribution in [0, 0.1) is 11.3 Å². The predicted molar refractivity (Wildman–Crippen MR) is 121 cm³/mol. The summed E-state index contributed by atoms with van der Waals surface area (Å²) in [4.78, 5) is 33.6.